The number of hydrogen-bond acceptors (Lipinski definition) is 6. The fraction of sp³-hybridized carbons (Fsp3) is 0.545. The summed E-state index contributed by atoms with van der Waals surface area (Å²) in [6.07, 6.45) is 0. The smallest absolute Gasteiger partial charge is 0.329 e. The zero-order chi connectivity index (χ0) is 13.5. The zero-order valence-electron chi connectivity index (χ0n) is 10.6. The second-order valence-electron chi connectivity index (χ2n) is 3.84. The minimum atomic E-state index is -0.708. The predicted molar refractivity (Wildman–Crippen MR) is 62.6 cm³/mol. The van der Waals surface area contributed by atoms with Crippen LogP contribution in [0.3, 0.4) is 0 Å². The lowest BCUT2D eigenvalue weighted by atomic mass is 10.3. The van der Waals surface area contributed by atoms with Gasteiger partial charge < -0.3 is 19.9 Å². The molecule has 1 heterocycles. The zero-order valence-corrected chi connectivity index (χ0v) is 10.6. The maximum absolute atomic E-state index is 11.4. The number of aromatic nitrogens is 1. The number of nitrogens with one attached hydrogen (secondary N) is 2. The second-order valence-corrected chi connectivity index (χ2v) is 3.84. The molecule has 0 radical (unpaired) electrons. The van der Waals surface area contributed by atoms with Crippen LogP contribution >= 0.6 is 0 Å². The first-order chi connectivity index (χ1) is 8.52. The van der Waals surface area contributed by atoms with E-state index in [1.165, 1.54) is 14.0 Å². The first-order valence-corrected chi connectivity index (χ1v) is 5.50. The van der Waals surface area contributed by atoms with Crippen molar-refractivity contribution in [3.63, 3.8) is 0 Å². The molecule has 7 nitrogen and oxygen atoms in total. The normalized spacial score (nSPS) is 11.9. The highest BCUT2D eigenvalue weighted by Gasteiger charge is 2.19. The molecule has 0 fully saturated rings. The van der Waals surface area contributed by atoms with Crippen molar-refractivity contribution in [2.24, 2.45) is 0 Å². The SMILES string of the molecule is COC(=O)C(CNCc1cc(C)on1)NC(C)=O. The number of ether oxygens (including phenoxy) is 1. The standard InChI is InChI=1S/C11H17N3O4/c1-7-4-9(14-18-7)5-12-6-10(11(16)17-3)13-8(2)15/h4,10,12H,5-6H2,1-3H3,(H,13,15). The fourth-order valence-corrected chi connectivity index (χ4v) is 1.43. The Labute approximate surface area is 105 Å². The molecule has 18 heavy (non-hydrogen) atoms. The van der Waals surface area contributed by atoms with Crippen LogP contribution in [-0.2, 0) is 20.9 Å². The van der Waals surface area contributed by atoms with Gasteiger partial charge in [0, 0.05) is 26.1 Å². The van der Waals surface area contributed by atoms with Crippen LogP contribution in [0.1, 0.15) is 18.4 Å². The summed E-state index contributed by atoms with van der Waals surface area (Å²) in [7, 11) is 1.28. The molecule has 0 aliphatic carbocycles. The average molecular weight is 255 g/mol. The Kier molecular flexibility index (Phi) is 5.31. The van der Waals surface area contributed by atoms with Crippen LogP contribution in [0.15, 0.2) is 10.6 Å². The predicted octanol–water partition coefficient (Wildman–Crippen LogP) is -0.250. The molecule has 7 heteroatoms. The van der Waals surface area contributed by atoms with Crippen LogP contribution in [0, 0.1) is 6.92 Å². The van der Waals surface area contributed by atoms with Gasteiger partial charge in [-0.05, 0) is 6.92 Å². The van der Waals surface area contributed by atoms with E-state index in [-0.39, 0.29) is 12.5 Å². The first kappa shape index (κ1) is 14.2. The van der Waals surface area contributed by atoms with Gasteiger partial charge in [0.1, 0.15) is 11.8 Å². The summed E-state index contributed by atoms with van der Waals surface area (Å²) in [5.41, 5.74) is 0.735. The number of carbonyl (C=O) groups excluding carboxylic acids is 2. The highest BCUT2D eigenvalue weighted by molar-refractivity contribution is 5.83. The monoisotopic (exact) mass is 255 g/mol. The second kappa shape index (κ2) is 6.75. The van der Waals surface area contributed by atoms with E-state index in [0.717, 1.165) is 11.5 Å². The highest BCUT2D eigenvalue weighted by Crippen LogP contribution is 2.00. The summed E-state index contributed by atoms with van der Waals surface area (Å²) in [5.74, 6) is -0.0586. The molecule has 1 unspecified atom stereocenters. The average Bonchev–Trinajstić information content (AvgIpc) is 2.72. The minimum absolute atomic E-state index is 0.262. The van der Waals surface area contributed by atoms with Gasteiger partial charge in [0.15, 0.2) is 0 Å². The quantitative estimate of drug-likeness (QED) is 0.681. The molecule has 1 aromatic heterocycles. The van der Waals surface area contributed by atoms with E-state index in [0.29, 0.717) is 6.54 Å². The van der Waals surface area contributed by atoms with E-state index in [1.807, 2.05) is 0 Å². The van der Waals surface area contributed by atoms with Crippen LogP contribution in [0.4, 0.5) is 0 Å². The molecule has 100 valence electrons. The molecule has 0 aliphatic heterocycles. The Bertz CT molecular complexity index is 416. The Morgan fingerprint density at radius 1 is 1.56 bits per heavy atom. The van der Waals surface area contributed by atoms with Crippen LogP contribution < -0.4 is 10.6 Å². The molecule has 0 bridgehead atoms. The van der Waals surface area contributed by atoms with E-state index in [1.54, 1.807) is 13.0 Å². The van der Waals surface area contributed by atoms with Crippen molar-refractivity contribution in [2.75, 3.05) is 13.7 Å². The summed E-state index contributed by atoms with van der Waals surface area (Å²) >= 11 is 0. The minimum Gasteiger partial charge on any atom is -0.467 e. The van der Waals surface area contributed by atoms with Gasteiger partial charge in [-0.1, -0.05) is 5.16 Å². The van der Waals surface area contributed by atoms with Crippen molar-refractivity contribution in [1.29, 1.82) is 0 Å². The third kappa shape index (κ3) is 4.54. The third-order valence-corrected chi connectivity index (χ3v) is 2.19. The number of nitrogens with zero attached hydrogens (tertiary/aromatic N) is 1. The van der Waals surface area contributed by atoms with Crippen LogP contribution in [0.5, 0.6) is 0 Å². The van der Waals surface area contributed by atoms with E-state index in [4.69, 9.17) is 4.52 Å². The number of rotatable bonds is 6. The summed E-state index contributed by atoms with van der Waals surface area (Å²) < 4.78 is 9.50. The van der Waals surface area contributed by atoms with E-state index in [9.17, 15) is 9.59 Å². The largest absolute Gasteiger partial charge is 0.467 e. The maximum Gasteiger partial charge on any atom is 0.329 e. The van der Waals surface area contributed by atoms with Crippen LogP contribution in [0.2, 0.25) is 0 Å². The number of carbonyl (C=O) groups is 2. The molecule has 1 rings (SSSR count). The van der Waals surface area contributed by atoms with E-state index < -0.39 is 12.0 Å². The van der Waals surface area contributed by atoms with Crippen molar-refractivity contribution in [1.82, 2.24) is 15.8 Å². The lowest BCUT2D eigenvalue weighted by Gasteiger charge is -2.15. The van der Waals surface area contributed by atoms with Crippen molar-refractivity contribution in [3.05, 3.63) is 17.5 Å². The van der Waals surface area contributed by atoms with Gasteiger partial charge in [0.25, 0.3) is 0 Å². The number of aryl methyl sites for hydroxylation is 1. The van der Waals surface area contributed by atoms with Gasteiger partial charge in [-0.15, -0.1) is 0 Å². The molecule has 0 saturated carbocycles. The maximum atomic E-state index is 11.4. The first-order valence-electron chi connectivity index (χ1n) is 5.50. The Balaban J connectivity index is 2.41. The Morgan fingerprint density at radius 2 is 2.28 bits per heavy atom. The highest BCUT2D eigenvalue weighted by atomic mass is 16.5. The topological polar surface area (TPSA) is 93.5 Å². The lowest BCUT2D eigenvalue weighted by molar-refractivity contribution is -0.144. The Morgan fingerprint density at radius 3 is 2.78 bits per heavy atom. The van der Waals surface area contributed by atoms with Crippen molar-refractivity contribution in [2.45, 2.75) is 26.4 Å². The molecule has 1 amide bonds. The molecule has 2 N–H and O–H groups in total. The summed E-state index contributed by atoms with van der Waals surface area (Å²) in [6, 6.07) is 1.08. The number of esters is 1. The fourth-order valence-electron chi connectivity index (χ4n) is 1.43. The summed E-state index contributed by atoms with van der Waals surface area (Å²) in [4.78, 5) is 22.3. The van der Waals surface area contributed by atoms with Crippen molar-refractivity contribution >= 4 is 11.9 Å². The third-order valence-electron chi connectivity index (χ3n) is 2.19. The van der Waals surface area contributed by atoms with Crippen molar-refractivity contribution < 1.29 is 18.8 Å². The number of methoxy groups -OCH3 is 1. The lowest BCUT2D eigenvalue weighted by Crippen LogP contribution is -2.46. The van der Waals surface area contributed by atoms with Gasteiger partial charge in [-0.3, -0.25) is 4.79 Å². The van der Waals surface area contributed by atoms with Crippen LogP contribution in [-0.4, -0.2) is 36.7 Å². The molecule has 0 aliphatic rings. The molecule has 1 atom stereocenters. The van der Waals surface area contributed by atoms with E-state index >= 15 is 0 Å². The molecule has 1 aromatic rings. The molecule has 0 aromatic carbocycles. The van der Waals surface area contributed by atoms with Gasteiger partial charge in [0.05, 0.1) is 12.8 Å². The Hall–Kier alpha value is -1.89. The molecule has 0 saturated heterocycles. The van der Waals surface area contributed by atoms with Gasteiger partial charge in [-0.2, -0.15) is 0 Å². The number of hydrogen-bond donors (Lipinski definition) is 2. The van der Waals surface area contributed by atoms with E-state index in [2.05, 4.69) is 20.5 Å². The molecular weight excluding hydrogens is 238 g/mol. The van der Waals surface area contributed by atoms with Gasteiger partial charge in [0.2, 0.25) is 5.91 Å². The summed E-state index contributed by atoms with van der Waals surface area (Å²) in [5, 5.41) is 9.30. The molecule has 0 spiro atoms. The van der Waals surface area contributed by atoms with Gasteiger partial charge in [-0.25, -0.2) is 4.79 Å². The van der Waals surface area contributed by atoms with Crippen molar-refractivity contribution in [3.8, 4) is 0 Å². The van der Waals surface area contributed by atoms with Gasteiger partial charge >= 0.3 is 5.97 Å². The molecular formula is C11H17N3O4. The number of amides is 1. The van der Waals surface area contributed by atoms with Crippen LogP contribution in [0.25, 0.3) is 0 Å². The summed E-state index contributed by atoms with van der Waals surface area (Å²) in [6.45, 7) is 3.85.